The van der Waals surface area contributed by atoms with Gasteiger partial charge in [0.05, 0.1) is 11.9 Å². The van der Waals surface area contributed by atoms with E-state index in [0.29, 0.717) is 5.69 Å². The quantitative estimate of drug-likeness (QED) is 0.373. The molecule has 0 radical (unpaired) electrons. The van der Waals surface area contributed by atoms with Gasteiger partial charge in [-0.1, -0.05) is 23.7 Å². The van der Waals surface area contributed by atoms with E-state index in [1.807, 2.05) is 25.1 Å². The zero-order valence-corrected chi connectivity index (χ0v) is 21.5. The number of para-hydroxylation sites is 1. The average molecular weight is 508 g/mol. The van der Waals surface area contributed by atoms with Crippen LogP contribution in [0, 0.1) is 6.92 Å². The summed E-state index contributed by atoms with van der Waals surface area (Å²) in [6.07, 6.45) is 1.43. The molecule has 0 saturated heterocycles. The van der Waals surface area contributed by atoms with Gasteiger partial charge in [-0.25, -0.2) is 18.1 Å². The highest BCUT2D eigenvalue weighted by Gasteiger charge is 2.20. The maximum atomic E-state index is 12.7. The summed E-state index contributed by atoms with van der Waals surface area (Å²) in [5, 5.41) is 7.17. The molecule has 3 N–H and O–H groups in total. The lowest BCUT2D eigenvalue weighted by Crippen LogP contribution is -2.30. The van der Waals surface area contributed by atoms with Gasteiger partial charge < -0.3 is 15.2 Å². The van der Waals surface area contributed by atoms with Gasteiger partial charge in [-0.2, -0.15) is 4.98 Å². The topological polar surface area (TPSA) is 113 Å². The van der Waals surface area contributed by atoms with Gasteiger partial charge in [-0.15, -0.1) is 0 Å². The van der Waals surface area contributed by atoms with Crippen molar-refractivity contribution in [2.75, 3.05) is 24.0 Å². The molecule has 2 aromatic carbocycles. The van der Waals surface area contributed by atoms with Gasteiger partial charge in [0.2, 0.25) is 16.0 Å². The summed E-state index contributed by atoms with van der Waals surface area (Å²) in [5.41, 5.74) is 1.98. The van der Waals surface area contributed by atoms with Crippen molar-refractivity contribution in [2.24, 2.45) is 0 Å². The second-order valence-electron chi connectivity index (χ2n) is 8.26. The molecule has 0 bridgehead atoms. The molecule has 0 spiro atoms. The highest BCUT2D eigenvalue weighted by Crippen LogP contribution is 2.36. The Morgan fingerprint density at radius 3 is 2.36 bits per heavy atom. The number of rotatable bonds is 8. The van der Waals surface area contributed by atoms with E-state index in [1.165, 1.54) is 12.3 Å². The van der Waals surface area contributed by atoms with Crippen LogP contribution in [0.25, 0.3) is 0 Å². The minimum atomic E-state index is -3.74. The molecular weight excluding hydrogens is 481 g/mol. The molecule has 0 aliphatic heterocycles. The Balaban J connectivity index is 1.91. The SMILES string of the molecule is Cc1cc(P(C)(C)=O)ccc1Nc1ncc(Cl)c(Nc2ccccc2S(=O)(=O)NC(C)C)n1. The van der Waals surface area contributed by atoms with Crippen molar-refractivity contribution in [3.8, 4) is 0 Å². The van der Waals surface area contributed by atoms with Gasteiger partial charge in [0, 0.05) is 17.0 Å². The Hall–Kier alpha value is -2.45. The van der Waals surface area contributed by atoms with E-state index < -0.39 is 17.2 Å². The van der Waals surface area contributed by atoms with Crippen LogP contribution < -0.4 is 20.7 Å². The molecule has 0 unspecified atom stereocenters. The highest BCUT2D eigenvalue weighted by molar-refractivity contribution is 7.89. The number of aryl methyl sites for hydroxylation is 1. The second-order valence-corrected chi connectivity index (χ2v) is 13.6. The Kier molecular flexibility index (Phi) is 7.49. The summed E-state index contributed by atoms with van der Waals surface area (Å²) in [6.45, 7) is 8.86. The predicted molar refractivity (Wildman–Crippen MR) is 136 cm³/mol. The monoisotopic (exact) mass is 507 g/mol. The summed E-state index contributed by atoms with van der Waals surface area (Å²) in [6, 6.07) is 11.8. The molecule has 3 rings (SSSR count). The summed E-state index contributed by atoms with van der Waals surface area (Å²) in [7, 11) is -6.11. The first-order chi connectivity index (χ1) is 15.4. The number of anilines is 4. The van der Waals surface area contributed by atoms with Crippen molar-refractivity contribution < 1.29 is 13.0 Å². The maximum absolute atomic E-state index is 12.7. The lowest BCUT2D eigenvalue weighted by Gasteiger charge is -2.16. The number of hydrogen-bond donors (Lipinski definition) is 3. The number of halogens is 1. The van der Waals surface area contributed by atoms with E-state index in [4.69, 9.17) is 11.6 Å². The zero-order valence-electron chi connectivity index (χ0n) is 19.0. The minimum absolute atomic E-state index is 0.0814. The van der Waals surface area contributed by atoms with Gasteiger partial charge >= 0.3 is 0 Å². The van der Waals surface area contributed by atoms with Gasteiger partial charge in [0.15, 0.2) is 5.82 Å². The molecule has 0 saturated carbocycles. The predicted octanol–water partition coefficient (Wildman–Crippen LogP) is 4.86. The summed E-state index contributed by atoms with van der Waals surface area (Å²) < 4.78 is 40.4. The Morgan fingerprint density at radius 2 is 1.73 bits per heavy atom. The smallest absolute Gasteiger partial charge is 0.242 e. The number of hydrogen-bond acceptors (Lipinski definition) is 7. The normalized spacial score (nSPS) is 12.1. The van der Waals surface area contributed by atoms with Gasteiger partial charge in [0.25, 0.3) is 0 Å². The Labute approximate surface area is 199 Å². The molecule has 0 atom stereocenters. The van der Waals surface area contributed by atoms with Crippen molar-refractivity contribution >= 4 is 57.2 Å². The molecule has 1 heterocycles. The third-order valence-corrected chi connectivity index (χ3v) is 8.16. The van der Waals surface area contributed by atoms with Crippen LogP contribution in [0.2, 0.25) is 5.02 Å². The Morgan fingerprint density at radius 1 is 1.03 bits per heavy atom. The molecule has 8 nitrogen and oxygen atoms in total. The average Bonchev–Trinajstić information content (AvgIpc) is 2.70. The van der Waals surface area contributed by atoms with Crippen molar-refractivity contribution in [1.29, 1.82) is 0 Å². The van der Waals surface area contributed by atoms with Crippen molar-refractivity contribution in [3.05, 3.63) is 59.2 Å². The first-order valence-corrected chi connectivity index (χ1v) is 14.7. The van der Waals surface area contributed by atoms with Crippen LogP contribution in [0.5, 0.6) is 0 Å². The van der Waals surface area contributed by atoms with Crippen LogP contribution in [-0.4, -0.2) is 37.8 Å². The van der Waals surface area contributed by atoms with E-state index in [2.05, 4.69) is 25.3 Å². The third-order valence-electron chi connectivity index (χ3n) is 4.64. The summed E-state index contributed by atoms with van der Waals surface area (Å²) in [5.74, 6) is 0.525. The van der Waals surface area contributed by atoms with Crippen LogP contribution >= 0.6 is 18.7 Å². The van der Waals surface area contributed by atoms with Gasteiger partial charge in [-0.05, 0) is 70.0 Å². The number of aromatic nitrogens is 2. The first-order valence-electron chi connectivity index (χ1n) is 10.2. The number of sulfonamides is 1. The van der Waals surface area contributed by atoms with E-state index in [-0.39, 0.29) is 27.7 Å². The van der Waals surface area contributed by atoms with Gasteiger partial charge in [0.1, 0.15) is 17.1 Å². The summed E-state index contributed by atoms with van der Waals surface area (Å²) >= 11 is 6.29. The van der Waals surface area contributed by atoms with Gasteiger partial charge in [-0.3, -0.25) is 0 Å². The van der Waals surface area contributed by atoms with Crippen molar-refractivity contribution in [3.63, 3.8) is 0 Å². The fourth-order valence-corrected chi connectivity index (χ4v) is 5.55. The van der Waals surface area contributed by atoms with Crippen LogP contribution in [-0.2, 0) is 14.6 Å². The molecule has 0 fully saturated rings. The largest absolute Gasteiger partial charge is 0.338 e. The van der Waals surface area contributed by atoms with Crippen LogP contribution in [0.4, 0.5) is 23.1 Å². The Bertz CT molecular complexity index is 1330. The molecular formula is C22H27ClN5O3PS. The van der Waals surface area contributed by atoms with Crippen LogP contribution in [0.1, 0.15) is 19.4 Å². The van der Waals surface area contributed by atoms with E-state index >= 15 is 0 Å². The third kappa shape index (κ3) is 6.32. The highest BCUT2D eigenvalue weighted by atomic mass is 35.5. The van der Waals surface area contributed by atoms with Crippen LogP contribution in [0.15, 0.2) is 53.6 Å². The molecule has 33 heavy (non-hydrogen) atoms. The molecule has 0 aliphatic rings. The number of benzene rings is 2. The number of nitrogens with zero attached hydrogens (tertiary/aromatic N) is 2. The standard InChI is InChI=1S/C22H27ClN5O3PS/c1-14(2)28-33(30,31)20-9-7-6-8-19(20)25-21-17(23)13-24-22(27-21)26-18-11-10-16(12-15(18)3)32(4,5)29/h6-14,28H,1-5H3,(H2,24,25,26,27). The van der Waals surface area contributed by atoms with Crippen molar-refractivity contribution in [2.45, 2.75) is 31.7 Å². The lowest BCUT2D eigenvalue weighted by atomic mass is 10.2. The minimum Gasteiger partial charge on any atom is -0.338 e. The molecule has 0 aliphatic carbocycles. The fraction of sp³-hybridized carbons (Fsp3) is 0.273. The van der Waals surface area contributed by atoms with E-state index in [9.17, 15) is 13.0 Å². The molecule has 1 aromatic heterocycles. The molecule has 11 heteroatoms. The fourth-order valence-electron chi connectivity index (χ4n) is 3.06. The van der Waals surface area contributed by atoms with Crippen molar-refractivity contribution in [1.82, 2.24) is 14.7 Å². The van der Waals surface area contributed by atoms with E-state index in [1.54, 1.807) is 45.4 Å². The first kappa shape index (κ1) is 25.2. The molecule has 0 amide bonds. The molecule has 3 aromatic rings. The van der Waals surface area contributed by atoms with E-state index in [0.717, 1.165) is 16.6 Å². The maximum Gasteiger partial charge on any atom is 0.242 e. The number of nitrogens with one attached hydrogen (secondary N) is 3. The lowest BCUT2D eigenvalue weighted by molar-refractivity contribution is 0.570. The van der Waals surface area contributed by atoms with Crippen LogP contribution in [0.3, 0.4) is 0 Å². The molecule has 176 valence electrons. The second kappa shape index (κ2) is 9.81. The zero-order chi connectivity index (χ0) is 24.4. The summed E-state index contributed by atoms with van der Waals surface area (Å²) in [4.78, 5) is 8.72.